The summed E-state index contributed by atoms with van der Waals surface area (Å²) in [5, 5.41) is 9.27. The Labute approximate surface area is 102 Å². The van der Waals surface area contributed by atoms with Gasteiger partial charge in [-0.3, -0.25) is 4.79 Å². The van der Waals surface area contributed by atoms with E-state index < -0.39 is 0 Å². The highest BCUT2D eigenvalue weighted by molar-refractivity contribution is 7.80. The zero-order valence-electron chi connectivity index (χ0n) is 10.1. The van der Waals surface area contributed by atoms with E-state index >= 15 is 0 Å². The first-order valence-corrected chi connectivity index (χ1v) is 5.77. The fourth-order valence-corrected chi connectivity index (χ4v) is 1.22. The van der Waals surface area contributed by atoms with Gasteiger partial charge in [-0.25, -0.2) is 0 Å². The molecule has 0 aliphatic carbocycles. The molecule has 0 atom stereocenters. The molecule has 0 aromatic carbocycles. The van der Waals surface area contributed by atoms with Crippen molar-refractivity contribution in [3.63, 3.8) is 0 Å². The molecule has 0 bridgehead atoms. The number of nitrogens with one attached hydrogen (secondary N) is 3. The number of carbonyl (C=O) groups excluding carboxylic acids is 1. The van der Waals surface area contributed by atoms with Crippen molar-refractivity contribution in [1.82, 2.24) is 16.0 Å². The van der Waals surface area contributed by atoms with Crippen molar-refractivity contribution < 1.29 is 9.53 Å². The number of thiocarbonyl (C=S) groups is 1. The Morgan fingerprint density at radius 2 is 1.94 bits per heavy atom. The van der Waals surface area contributed by atoms with Crippen molar-refractivity contribution in [1.29, 1.82) is 0 Å². The van der Waals surface area contributed by atoms with Gasteiger partial charge in [0.25, 0.3) is 0 Å². The Bertz CT molecular complexity index is 222. The molecule has 94 valence electrons. The van der Waals surface area contributed by atoms with E-state index in [0.717, 1.165) is 0 Å². The standard InChI is InChI=1S/C10H21N3O2S/c1-8(2)13-9(14)4-5-11-10(16)12-6-7-15-3/h8H,4-7H2,1-3H3,(H,13,14)(H2,11,12,16). The molecule has 0 aromatic heterocycles. The molecule has 0 unspecified atom stereocenters. The molecule has 16 heavy (non-hydrogen) atoms. The highest BCUT2D eigenvalue weighted by atomic mass is 32.1. The van der Waals surface area contributed by atoms with Crippen LogP contribution in [-0.4, -0.2) is 43.9 Å². The van der Waals surface area contributed by atoms with E-state index in [1.807, 2.05) is 13.8 Å². The molecule has 0 rings (SSSR count). The number of rotatable bonds is 7. The molecule has 0 fully saturated rings. The first kappa shape index (κ1) is 15.1. The third-order valence-electron chi connectivity index (χ3n) is 1.68. The highest BCUT2D eigenvalue weighted by Gasteiger charge is 2.02. The van der Waals surface area contributed by atoms with Gasteiger partial charge in [-0.2, -0.15) is 0 Å². The molecule has 0 radical (unpaired) electrons. The second kappa shape index (κ2) is 9.35. The zero-order chi connectivity index (χ0) is 12.4. The van der Waals surface area contributed by atoms with Gasteiger partial charge in [0.15, 0.2) is 5.11 Å². The minimum atomic E-state index is 0.0298. The Balaban J connectivity index is 3.43. The number of methoxy groups -OCH3 is 1. The Kier molecular flexibility index (Phi) is 8.84. The first-order chi connectivity index (χ1) is 7.56. The molecule has 6 heteroatoms. The SMILES string of the molecule is COCCNC(=S)NCCC(=O)NC(C)C. The summed E-state index contributed by atoms with van der Waals surface area (Å²) in [5.41, 5.74) is 0. The maximum Gasteiger partial charge on any atom is 0.221 e. The average Bonchev–Trinajstić information content (AvgIpc) is 2.17. The monoisotopic (exact) mass is 247 g/mol. The van der Waals surface area contributed by atoms with Crippen molar-refractivity contribution in [2.45, 2.75) is 26.3 Å². The van der Waals surface area contributed by atoms with Crippen molar-refractivity contribution in [3.8, 4) is 0 Å². The Morgan fingerprint density at radius 3 is 2.50 bits per heavy atom. The lowest BCUT2D eigenvalue weighted by Crippen LogP contribution is -2.39. The van der Waals surface area contributed by atoms with Gasteiger partial charge >= 0.3 is 0 Å². The predicted octanol–water partition coefficient (Wildman–Crippen LogP) is 0.0116. The van der Waals surface area contributed by atoms with Gasteiger partial charge in [-0.05, 0) is 26.1 Å². The second-order valence-electron chi connectivity index (χ2n) is 3.65. The van der Waals surface area contributed by atoms with Crippen LogP contribution in [0.2, 0.25) is 0 Å². The van der Waals surface area contributed by atoms with E-state index in [-0.39, 0.29) is 11.9 Å². The molecular formula is C10H21N3O2S. The van der Waals surface area contributed by atoms with Crippen molar-refractivity contribution in [2.75, 3.05) is 26.8 Å². The molecular weight excluding hydrogens is 226 g/mol. The van der Waals surface area contributed by atoms with Gasteiger partial charge < -0.3 is 20.7 Å². The number of ether oxygens (including phenoxy) is 1. The zero-order valence-corrected chi connectivity index (χ0v) is 10.9. The fourth-order valence-electron chi connectivity index (χ4n) is 1.01. The molecule has 0 saturated heterocycles. The van der Waals surface area contributed by atoms with E-state index in [2.05, 4.69) is 16.0 Å². The summed E-state index contributed by atoms with van der Waals surface area (Å²) in [6.45, 7) is 5.68. The van der Waals surface area contributed by atoms with Crippen LogP contribution in [0.25, 0.3) is 0 Å². The third kappa shape index (κ3) is 9.67. The lowest BCUT2D eigenvalue weighted by atomic mass is 10.3. The summed E-state index contributed by atoms with van der Waals surface area (Å²) >= 11 is 5.00. The van der Waals surface area contributed by atoms with Gasteiger partial charge in [0.1, 0.15) is 0 Å². The van der Waals surface area contributed by atoms with Crippen LogP contribution in [0.4, 0.5) is 0 Å². The maximum atomic E-state index is 11.3. The van der Waals surface area contributed by atoms with Gasteiger partial charge in [-0.15, -0.1) is 0 Å². The van der Waals surface area contributed by atoms with Crippen LogP contribution in [0.3, 0.4) is 0 Å². The lowest BCUT2D eigenvalue weighted by molar-refractivity contribution is -0.121. The molecule has 1 amide bonds. The number of carbonyl (C=O) groups is 1. The molecule has 0 spiro atoms. The van der Waals surface area contributed by atoms with Crippen molar-refractivity contribution in [3.05, 3.63) is 0 Å². The largest absolute Gasteiger partial charge is 0.383 e. The number of hydrogen-bond acceptors (Lipinski definition) is 3. The van der Waals surface area contributed by atoms with Crippen LogP contribution in [0, 0.1) is 0 Å². The maximum absolute atomic E-state index is 11.3. The van der Waals surface area contributed by atoms with E-state index in [0.29, 0.717) is 31.2 Å². The van der Waals surface area contributed by atoms with Crippen LogP contribution >= 0.6 is 12.2 Å². The van der Waals surface area contributed by atoms with E-state index in [1.165, 1.54) is 0 Å². The Morgan fingerprint density at radius 1 is 1.31 bits per heavy atom. The van der Waals surface area contributed by atoms with Gasteiger partial charge in [0.05, 0.1) is 6.61 Å². The molecule has 0 saturated carbocycles. The summed E-state index contributed by atoms with van der Waals surface area (Å²) in [7, 11) is 1.63. The number of hydrogen-bond donors (Lipinski definition) is 3. The summed E-state index contributed by atoms with van der Waals surface area (Å²) in [4.78, 5) is 11.3. The average molecular weight is 247 g/mol. The van der Waals surface area contributed by atoms with Crippen LogP contribution in [0.15, 0.2) is 0 Å². The second-order valence-corrected chi connectivity index (χ2v) is 4.06. The van der Waals surface area contributed by atoms with Crippen LogP contribution in [-0.2, 0) is 9.53 Å². The lowest BCUT2D eigenvalue weighted by Gasteiger charge is -2.11. The van der Waals surface area contributed by atoms with E-state index in [9.17, 15) is 4.79 Å². The van der Waals surface area contributed by atoms with Crippen LogP contribution in [0.1, 0.15) is 20.3 Å². The van der Waals surface area contributed by atoms with Crippen LogP contribution < -0.4 is 16.0 Å². The predicted molar refractivity (Wildman–Crippen MR) is 68.4 cm³/mol. The normalized spacial score (nSPS) is 10.0. The van der Waals surface area contributed by atoms with Gasteiger partial charge in [-0.1, -0.05) is 0 Å². The van der Waals surface area contributed by atoms with Crippen molar-refractivity contribution in [2.24, 2.45) is 0 Å². The van der Waals surface area contributed by atoms with Gasteiger partial charge in [0.2, 0.25) is 5.91 Å². The number of amides is 1. The van der Waals surface area contributed by atoms with Crippen LogP contribution in [0.5, 0.6) is 0 Å². The molecule has 0 aliphatic heterocycles. The van der Waals surface area contributed by atoms with E-state index in [4.69, 9.17) is 17.0 Å². The molecule has 0 heterocycles. The minimum Gasteiger partial charge on any atom is -0.383 e. The smallest absolute Gasteiger partial charge is 0.221 e. The van der Waals surface area contributed by atoms with E-state index in [1.54, 1.807) is 7.11 Å². The molecule has 3 N–H and O–H groups in total. The molecule has 0 aliphatic rings. The topological polar surface area (TPSA) is 62.4 Å². The first-order valence-electron chi connectivity index (χ1n) is 5.36. The highest BCUT2D eigenvalue weighted by Crippen LogP contribution is 1.82. The summed E-state index contributed by atoms with van der Waals surface area (Å²) in [6, 6.07) is 0.180. The van der Waals surface area contributed by atoms with Crippen molar-refractivity contribution >= 4 is 23.2 Å². The summed E-state index contributed by atoms with van der Waals surface area (Å²) in [5.74, 6) is 0.0298. The molecule has 5 nitrogen and oxygen atoms in total. The summed E-state index contributed by atoms with van der Waals surface area (Å²) < 4.78 is 4.86. The summed E-state index contributed by atoms with van der Waals surface area (Å²) in [6.07, 6.45) is 0.421. The minimum absolute atomic E-state index is 0.0298. The Hall–Kier alpha value is -0.880. The fraction of sp³-hybridized carbons (Fsp3) is 0.800. The van der Waals surface area contributed by atoms with Gasteiger partial charge in [0, 0.05) is 32.7 Å². The third-order valence-corrected chi connectivity index (χ3v) is 1.97. The quantitative estimate of drug-likeness (QED) is 0.437. The molecule has 0 aromatic rings.